The zero-order valence-electron chi connectivity index (χ0n) is 12.3. The molecule has 7 heteroatoms. The van der Waals surface area contributed by atoms with E-state index in [2.05, 4.69) is 20.5 Å². The van der Waals surface area contributed by atoms with Gasteiger partial charge in [0.05, 0.1) is 24.4 Å². The van der Waals surface area contributed by atoms with Crippen LogP contribution in [0.3, 0.4) is 0 Å². The SMILES string of the molecule is COc1cc(/C=N\Nc2nc3ccccc3[nH]c2=O)ccc1O. The number of hydrogen-bond donors (Lipinski definition) is 3. The summed E-state index contributed by atoms with van der Waals surface area (Å²) >= 11 is 0. The number of phenolic OH excluding ortho intramolecular Hbond substituents is 1. The number of para-hydroxylation sites is 2. The lowest BCUT2D eigenvalue weighted by atomic mass is 10.2. The summed E-state index contributed by atoms with van der Waals surface area (Å²) in [6.45, 7) is 0. The first kappa shape index (κ1) is 14.6. The zero-order chi connectivity index (χ0) is 16.2. The second kappa shape index (κ2) is 6.18. The monoisotopic (exact) mass is 310 g/mol. The van der Waals surface area contributed by atoms with Gasteiger partial charge in [-0.2, -0.15) is 5.10 Å². The van der Waals surface area contributed by atoms with Gasteiger partial charge in [0.15, 0.2) is 11.5 Å². The van der Waals surface area contributed by atoms with Crippen LogP contribution in [-0.2, 0) is 0 Å². The fourth-order valence-corrected chi connectivity index (χ4v) is 2.05. The van der Waals surface area contributed by atoms with Gasteiger partial charge in [-0.15, -0.1) is 0 Å². The van der Waals surface area contributed by atoms with Crippen molar-refractivity contribution in [2.24, 2.45) is 5.10 Å². The van der Waals surface area contributed by atoms with Gasteiger partial charge in [-0.3, -0.25) is 10.2 Å². The Kier molecular flexibility index (Phi) is 3.92. The van der Waals surface area contributed by atoms with Crippen LogP contribution in [0.2, 0.25) is 0 Å². The molecule has 0 aliphatic carbocycles. The van der Waals surface area contributed by atoms with E-state index in [1.807, 2.05) is 12.1 Å². The van der Waals surface area contributed by atoms with Crippen molar-refractivity contribution in [3.05, 3.63) is 58.4 Å². The Bertz CT molecular complexity index is 934. The molecule has 0 unspecified atom stereocenters. The van der Waals surface area contributed by atoms with Crippen LogP contribution in [0.15, 0.2) is 52.4 Å². The molecule has 1 heterocycles. The highest BCUT2D eigenvalue weighted by Gasteiger charge is 2.03. The number of nitrogens with one attached hydrogen (secondary N) is 2. The molecule has 2 aromatic carbocycles. The molecular weight excluding hydrogens is 296 g/mol. The predicted octanol–water partition coefficient (Wildman–Crippen LogP) is 2.08. The second-order valence-electron chi connectivity index (χ2n) is 4.73. The number of anilines is 1. The third kappa shape index (κ3) is 3.13. The van der Waals surface area contributed by atoms with Gasteiger partial charge in [0.25, 0.3) is 5.56 Å². The van der Waals surface area contributed by atoms with Gasteiger partial charge in [-0.1, -0.05) is 12.1 Å². The summed E-state index contributed by atoms with van der Waals surface area (Å²) in [5, 5.41) is 13.5. The van der Waals surface area contributed by atoms with Crippen molar-refractivity contribution >= 4 is 23.1 Å². The summed E-state index contributed by atoms with van der Waals surface area (Å²) < 4.78 is 5.02. The number of ether oxygens (including phenoxy) is 1. The van der Waals surface area contributed by atoms with Crippen molar-refractivity contribution in [2.75, 3.05) is 12.5 Å². The summed E-state index contributed by atoms with van der Waals surface area (Å²) in [5.74, 6) is 0.492. The lowest BCUT2D eigenvalue weighted by molar-refractivity contribution is 0.373. The first-order chi connectivity index (χ1) is 11.2. The van der Waals surface area contributed by atoms with E-state index in [1.165, 1.54) is 19.4 Å². The van der Waals surface area contributed by atoms with E-state index in [4.69, 9.17) is 4.74 Å². The topological polar surface area (TPSA) is 99.6 Å². The molecule has 3 rings (SSSR count). The molecule has 0 atom stereocenters. The summed E-state index contributed by atoms with van der Waals surface area (Å²) in [4.78, 5) is 18.9. The van der Waals surface area contributed by atoms with Gasteiger partial charge in [0.2, 0.25) is 5.82 Å². The third-order valence-corrected chi connectivity index (χ3v) is 3.19. The van der Waals surface area contributed by atoms with Crippen molar-refractivity contribution in [3.8, 4) is 11.5 Å². The third-order valence-electron chi connectivity index (χ3n) is 3.19. The number of methoxy groups -OCH3 is 1. The van der Waals surface area contributed by atoms with E-state index in [0.717, 1.165) is 0 Å². The first-order valence-corrected chi connectivity index (χ1v) is 6.82. The maximum absolute atomic E-state index is 11.9. The normalized spacial score (nSPS) is 11.0. The van der Waals surface area contributed by atoms with Gasteiger partial charge in [-0.25, -0.2) is 4.98 Å². The average molecular weight is 310 g/mol. The Hall–Kier alpha value is -3.35. The standard InChI is InChI=1S/C16H14N4O3/c1-23-14-8-10(6-7-13(14)21)9-17-20-15-16(22)19-12-5-3-2-4-11(12)18-15/h2-9,21H,1H3,(H,18,20)(H,19,22)/b17-9-. The van der Waals surface area contributed by atoms with E-state index in [-0.39, 0.29) is 17.1 Å². The lowest BCUT2D eigenvalue weighted by Gasteiger charge is -2.04. The molecule has 0 fully saturated rings. The van der Waals surface area contributed by atoms with Gasteiger partial charge >= 0.3 is 0 Å². The minimum absolute atomic E-state index is 0.0465. The fourth-order valence-electron chi connectivity index (χ4n) is 2.05. The maximum Gasteiger partial charge on any atom is 0.293 e. The summed E-state index contributed by atoms with van der Waals surface area (Å²) in [6.07, 6.45) is 1.50. The highest BCUT2D eigenvalue weighted by Crippen LogP contribution is 2.25. The molecule has 3 N–H and O–H groups in total. The molecule has 3 aromatic rings. The largest absolute Gasteiger partial charge is 0.504 e. The minimum atomic E-state index is -0.357. The summed E-state index contributed by atoms with van der Waals surface area (Å²) in [6, 6.07) is 12.0. The number of benzene rings is 2. The Morgan fingerprint density at radius 2 is 2.13 bits per heavy atom. The number of rotatable bonds is 4. The van der Waals surface area contributed by atoms with E-state index in [1.54, 1.807) is 24.3 Å². The Balaban J connectivity index is 1.83. The molecule has 0 saturated heterocycles. The molecule has 0 aliphatic rings. The van der Waals surface area contributed by atoms with Crippen molar-refractivity contribution in [1.82, 2.24) is 9.97 Å². The molecule has 0 aliphatic heterocycles. The molecule has 0 radical (unpaired) electrons. The minimum Gasteiger partial charge on any atom is -0.504 e. The second-order valence-corrected chi connectivity index (χ2v) is 4.73. The van der Waals surface area contributed by atoms with Crippen LogP contribution in [0.5, 0.6) is 11.5 Å². The van der Waals surface area contributed by atoms with Gasteiger partial charge in [0, 0.05) is 0 Å². The summed E-state index contributed by atoms with van der Waals surface area (Å²) in [7, 11) is 1.47. The van der Waals surface area contributed by atoms with Crippen LogP contribution >= 0.6 is 0 Å². The number of phenols is 1. The number of aromatic hydroxyl groups is 1. The summed E-state index contributed by atoms with van der Waals surface area (Å²) in [5.41, 5.74) is 4.28. The highest BCUT2D eigenvalue weighted by atomic mass is 16.5. The van der Waals surface area contributed by atoms with E-state index in [9.17, 15) is 9.90 Å². The Labute approximate surface area is 131 Å². The zero-order valence-corrected chi connectivity index (χ0v) is 12.3. The van der Waals surface area contributed by atoms with Crippen molar-refractivity contribution in [3.63, 3.8) is 0 Å². The molecule has 0 amide bonds. The molecule has 0 spiro atoms. The number of fused-ring (bicyclic) bond motifs is 1. The Morgan fingerprint density at radius 3 is 2.96 bits per heavy atom. The number of hydrogen-bond acceptors (Lipinski definition) is 6. The molecule has 0 saturated carbocycles. The van der Waals surface area contributed by atoms with Crippen molar-refractivity contribution < 1.29 is 9.84 Å². The quantitative estimate of drug-likeness (QED) is 0.506. The van der Waals surface area contributed by atoms with Crippen molar-refractivity contribution in [1.29, 1.82) is 0 Å². The van der Waals surface area contributed by atoms with Crippen LogP contribution in [0.1, 0.15) is 5.56 Å². The average Bonchev–Trinajstić information content (AvgIpc) is 2.56. The fraction of sp³-hybridized carbons (Fsp3) is 0.0625. The number of hydrazone groups is 1. The van der Waals surface area contributed by atoms with Crippen LogP contribution in [0, 0.1) is 0 Å². The molecule has 116 valence electrons. The molecule has 0 bridgehead atoms. The van der Waals surface area contributed by atoms with Gasteiger partial charge < -0.3 is 14.8 Å². The molecule has 7 nitrogen and oxygen atoms in total. The van der Waals surface area contributed by atoms with Gasteiger partial charge in [-0.05, 0) is 35.9 Å². The van der Waals surface area contributed by atoms with E-state index >= 15 is 0 Å². The maximum atomic E-state index is 11.9. The molecular formula is C16H14N4O3. The smallest absolute Gasteiger partial charge is 0.293 e. The van der Waals surface area contributed by atoms with E-state index in [0.29, 0.717) is 22.3 Å². The van der Waals surface area contributed by atoms with Crippen LogP contribution in [0.4, 0.5) is 5.82 Å². The van der Waals surface area contributed by atoms with Crippen LogP contribution in [-0.4, -0.2) is 28.4 Å². The Morgan fingerprint density at radius 1 is 1.30 bits per heavy atom. The number of aromatic nitrogens is 2. The predicted molar refractivity (Wildman–Crippen MR) is 88.2 cm³/mol. The lowest BCUT2D eigenvalue weighted by Crippen LogP contribution is -2.13. The highest BCUT2D eigenvalue weighted by molar-refractivity contribution is 5.81. The molecule has 1 aromatic heterocycles. The van der Waals surface area contributed by atoms with Gasteiger partial charge in [0.1, 0.15) is 0 Å². The molecule has 23 heavy (non-hydrogen) atoms. The number of H-pyrrole nitrogens is 1. The number of nitrogens with zero attached hydrogens (tertiary/aromatic N) is 2. The van der Waals surface area contributed by atoms with Crippen molar-refractivity contribution in [2.45, 2.75) is 0 Å². The van der Waals surface area contributed by atoms with Crippen LogP contribution < -0.4 is 15.7 Å². The first-order valence-electron chi connectivity index (χ1n) is 6.82. The number of aromatic amines is 1. The van der Waals surface area contributed by atoms with Crippen LogP contribution in [0.25, 0.3) is 11.0 Å². The van der Waals surface area contributed by atoms with E-state index < -0.39 is 0 Å².